The number of aryl methyl sites for hydroxylation is 1. The van der Waals surface area contributed by atoms with Gasteiger partial charge < -0.3 is 15.0 Å². The number of halogens is 2. The molecule has 5 rings (SSSR count). The van der Waals surface area contributed by atoms with Gasteiger partial charge in [-0.15, -0.1) is 0 Å². The highest BCUT2D eigenvalue weighted by Crippen LogP contribution is 2.27. The van der Waals surface area contributed by atoms with Gasteiger partial charge in [0.05, 0.1) is 28.8 Å². The summed E-state index contributed by atoms with van der Waals surface area (Å²) in [5, 5.41) is 10.4. The molecule has 3 amide bonds. The van der Waals surface area contributed by atoms with Crippen molar-refractivity contribution in [1.29, 1.82) is 0 Å². The summed E-state index contributed by atoms with van der Waals surface area (Å²) in [6.45, 7) is 8.94. The molecule has 43 heavy (non-hydrogen) atoms. The van der Waals surface area contributed by atoms with Crippen molar-refractivity contribution in [2.75, 3.05) is 23.7 Å². The van der Waals surface area contributed by atoms with E-state index in [9.17, 15) is 18.4 Å². The molecule has 2 aromatic carbocycles. The number of carbonyl (C=O) groups is 2. The van der Waals surface area contributed by atoms with Gasteiger partial charge in [0.15, 0.2) is 0 Å². The highest BCUT2D eigenvalue weighted by Gasteiger charge is 2.27. The van der Waals surface area contributed by atoms with E-state index in [1.165, 1.54) is 11.1 Å². The van der Waals surface area contributed by atoms with Crippen molar-refractivity contribution in [3.63, 3.8) is 0 Å². The van der Waals surface area contributed by atoms with Gasteiger partial charge in [-0.05, 0) is 37.3 Å². The number of benzene rings is 2. The molecule has 0 radical (unpaired) electrons. The van der Waals surface area contributed by atoms with Crippen LogP contribution in [0.2, 0.25) is 0 Å². The Labute approximate surface area is 248 Å². The lowest BCUT2D eigenvalue weighted by molar-refractivity contribution is 0.0583. The van der Waals surface area contributed by atoms with Crippen molar-refractivity contribution in [1.82, 2.24) is 19.7 Å². The van der Waals surface area contributed by atoms with Gasteiger partial charge in [-0.25, -0.2) is 23.2 Å². The maximum absolute atomic E-state index is 14.0. The molecule has 0 saturated carbocycles. The fraction of sp³-hybridized carbons (Fsp3) is 0.312. The van der Waals surface area contributed by atoms with Crippen molar-refractivity contribution in [2.45, 2.75) is 52.1 Å². The number of nitrogens with one attached hydrogen (secondary N) is 2. The molecule has 0 aliphatic carbocycles. The van der Waals surface area contributed by atoms with Crippen LogP contribution >= 0.6 is 0 Å². The van der Waals surface area contributed by atoms with Crippen LogP contribution in [0, 0.1) is 18.6 Å². The second kappa shape index (κ2) is 12.2. The number of likely N-dealkylation sites (tertiary alicyclic amines) is 1. The van der Waals surface area contributed by atoms with E-state index in [4.69, 9.17) is 9.84 Å². The summed E-state index contributed by atoms with van der Waals surface area (Å²) in [5.41, 5.74) is 2.91. The Bertz CT molecular complexity index is 1610. The lowest BCUT2D eigenvalue weighted by Crippen LogP contribution is -2.42. The topological polar surface area (TPSA) is 101 Å². The van der Waals surface area contributed by atoms with Crippen LogP contribution in [0.1, 0.15) is 55.2 Å². The zero-order chi connectivity index (χ0) is 30.7. The molecule has 1 aliphatic rings. The van der Waals surface area contributed by atoms with Crippen LogP contribution in [-0.4, -0.2) is 50.8 Å². The second-order valence-electron chi connectivity index (χ2n) is 11.6. The first-order chi connectivity index (χ1) is 20.5. The Morgan fingerprint density at radius 2 is 1.67 bits per heavy atom. The van der Waals surface area contributed by atoms with Gasteiger partial charge in [-0.3, -0.25) is 10.1 Å². The molecule has 2 aromatic heterocycles. The number of carbonyl (C=O) groups excluding carboxylic acids is 2. The number of piperidine rings is 1. The van der Waals surface area contributed by atoms with E-state index in [-0.39, 0.29) is 17.1 Å². The van der Waals surface area contributed by atoms with Crippen LogP contribution in [0.3, 0.4) is 0 Å². The summed E-state index contributed by atoms with van der Waals surface area (Å²) >= 11 is 0. The lowest BCUT2D eigenvalue weighted by Gasteiger charge is -2.32. The Morgan fingerprint density at radius 1 is 0.953 bits per heavy atom. The third-order valence-corrected chi connectivity index (χ3v) is 7.17. The number of pyridine rings is 1. The molecule has 2 N–H and O–H groups in total. The molecule has 11 heteroatoms. The third kappa shape index (κ3) is 7.17. The van der Waals surface area contributed by atoms with Crippen LogP contribution in [-0.2, 0) is 5.41 Å². The Hall–Kier alpha value is -4.80. The van der Waals surface area contributed by atoms with Crippen LogP contribution in [0.5, 0.6) is 5.88 Å². The summed E-state index contributed by atoms with van der Waals surface area (Å²) in [4.78, 5) is 31.4. The summed E-state index contributed by atoms with van der Waals surface area (Å²) in [6, 6.07) is 15.6. The number of ether oxygens (including phenoxy) is 1. The molecule has 3 heterocycles. The van der Waals surface area contributed by atoms with E-state index in [0.29, 0.717) is 49.4 Å². The Kier molecular flexibility index (Phi) is 8.43. The summed E-state index contributed by atoms with van der Waals surface area (Å²) in [7, 11) is 0. The zero-order valence-corrected chi connectivity index (χ0v) is 24.5. The fourth-order valence-electron chi connectivity index (χ4n) is 4.70. The van der Waals surface area contributed by atoms with Gasteiger partial charge in [0.1, 0.15) is 23.6 Å². The first kappa shape index (κ1) is 29.7. The number of urea groups is 1. The van der Waals surface area contributed by atoms with Gasteiger partial charge in [0, 0.05) is 49.5 Å². The lowest BCUT2D eigenvalue weighted by atomic mass is 9.92. The first-order valence-electron chi connectivity index (χ1n) is 14.1. The minimum atomic E-state index is -0.874. The third-order valence-electron chi connectivity index (χ3n) is 7.17. The van der Waals surface area contributed by atoms with Crippen LogP contribution in [0.15, 0.2) is 66.9 Å². The number of rotatable bonds is 6. The van der Waals surface area contributed by atoms with Crippen LogP contribution < -0.4 is 15.4 Å². The van der Waals surface area contributed by atoms with Crippen molar-refractivity contribution >= 4 is 23.4 Å². The largest absolute Gasteiger partial charge is 0.474 e. The molecule has 1 aliphatic heterocycles. The normalized spacial score (nSPS) is 14.0. The van der Waals surface area contributed by atoms with E-state index in [2.05, 4.69) is 36.4 Å². The van der Waals surface area contributed by atoms with Crippen molar-refractivity contribution in [2.24, 2.45) is 0 Å². The van der Waals surface area contributed by atoms with Gasteiger partial charge in [-0.1, -0.05) is 38.5 Å². The highest BCUT2D eigenvalue weighted by molar-refractivity contribution is 5.99. The van der Waals surface area contributed by atoms with Gasteiger partial charge in [0.2, 0.25) is 5.88 Å². The van der Waals surface area contributed by atoms with E-state index >= 15 is 0 Å². The van der Waals surface area contributed by atoms with E-state index < -0.39 is 23.6 Å². The molecule has 0 unspecified atom stereocenters. The number of amides is 3. The average molecular weight is 589 g/mol. The summed E-state index contributed by atoms with van der Waals surface area (Å²) in [6.07, 6.45) is 2.38. The number of aromatic nitrogens is 3. The van der Waals surface area contributed by atoms with E-state index in [1.54, 1.807) is 16.8 Å². The smallest absolute Gasteiger partial charge is 0.324 e. The standard InChI is InChI=1S/C32H34F2N6O3/c1-20-5-9-23(10-6-20)40-28(18-27(38-40)32(2,3)4)37-31(42)36-22-8-12-29(35-19-22)43-24-13-15-39(16-14-24)30(41)25-11-7-21(33)17-26(25)34/h5-12,17-19,24H,13-16H2,1-4H3,(H2,36,37,42). The number of hydrogen-bond acceptors (Lipinski definition) is 5. The average Bonchev–Trinajstić information content (AvgIpc) is 3.39. The minimum absolute atomic E-state index is 0.149. The molecule has 9 nitrogen and oxygen atoms in total. The molecule has 0 bridgehead atoms. The number of nitrogens with zero attached hydrogens (tertiary/aromatic N) is 4. The monoisotopic (exact) mass is 588 g/mol. The van der Waals surface area contributed by atoms with E-state index in [1.807, 2.05) is 37.3 Å². The Morgan fingerprint density at radius 3 is 2.30 bits per heavy atom. The van der Waals surface area contributed by atoms with Crippen LogP contribution in [0.4, 0.5) is 25.1 Å². The van der Waals surface area contributed by atoms with E-state index in [0.717, 1.165) is 29.1 Å². The summed E-state index contributed by atoms with van der Waals surface area (Å²) < 4.78 is 34.9. The minimum Gasteiger partial charge on any atom is -0.474 e. The zero-order valence-electron chi connectivity index (χ0n) is 24.5. The first-order valence-corrected chi connectivity index (χ1v) is 14.1. The van der Waals surface area contributed by atoms with Gasteiger partial charge in [0.25, 0.3) is 5.91 Å². The van der Waals surface area contributed by atoms with Gasteiger partial charge in [-0.2, -0.15) is 5.10 Å². The number of anilines is 2. The van der Waals surface area contributed by atoms with Crippen LogP contribution in [0.25, 0.3) is 5.69 Å². The molecule has 224 valence electrons. The maximum Gasteiger partial charge on any atom is 0.324 e. The second-order valence-corrected chi connectivity index (χ2v) is 11.6. The molecule has 1 saturated heterocycles. The van der Waals surface area contributed by atoms with Crippen molar-refractivity contribution in [3.05, 3.63) is 95.3 Å². The molecular formula is C32H34F2N6O3. The molecule has 1 fully saturated rings. The Balaban J connectivity index is 1.16. The molecule has 4 aromatic rings. The highest BCUT2D eigenvalue weighted by atomic mass is 19.1. The molecule has 0 spiro atoms. The van der Waals surface area contributed by atoms with Gasteiger partial charge >= 0.3 is 6.03 Å². The predicted octanol–water partition coefficient (Wildman–Crippen LogP) is 6.48. The maximum atomic E-state index is 14.0. The molecule has 0 atom stereocenters. The number of hydrogen-bond donors (Lipinski definition) is 2. The summed E-state index contributed by atoms with van der Waals surface area (Å²) in [5.74, 6) is -1.16. The predicted molar refractivity (Wildman–Crippen MR) is 160 cm³/mol. The quantitative estimate of drug-likeness (QED) is 0.269. The fourth-order valence-corrected chi connectivity index (χ4v) is 4.70. The van der Waals surface area contributed by atoms with Crippen molar-refractivity contribution in [3.8, 4) is 11.6 Å². The van der Waals surface area contributed by atoms with Crippen molar-refractivity contribution < 1.29 is 23.1 Å². The molecular weight excluding hydrogens is 554 g/mol. The SMILES string of the molecule is Cc1ccc(-n2nc(C(C)(C)C)cc2NC(=O)Nc2ccc(OC3CCN(C(=O)c4ccc(F)cc4F)CC3)nc2)cc1.